The Hall–Kier alpha value is -1.68. The Morgan fingerprint density at radius 2 is 1.94 bits per heavy atom. The average Bonchev–Trinajstić information content (AvgIpc) is 2.78. The molecule has 0 aliphatic rings. The van der Waals surface area contributed by atoms with Gasteiger partial charge in [-0.3, -0.25) is 4.79 Å². The molecule has 0 bridgehead atoms. The molecule has 0 spiro atoms. The lowest BCUT2D eigenvalue weighted by atomic mass is 10.3. The molecule has 16 heavy (non-hydrogen) atoms. The summed E-state index contributed by atoms with van der Waals surface area (Å²) in [6, 6.07) is 10.8. The maximum atomic E-state index is 10.4. The molecule has 0 radical (unpaired) electrons. The number of aldehydes is 1. The zero-order chi connectivity index (χ0) is 11.4. The van der Waals surface area contributed by atoms with Gasteiger partial charge in [-0.05, 0) is 36.6 Å². The van der Waals surface area contributed by atoms with Crippen molar-refractivity contribution in [3.05, 3.63) is 42.2 Å². The molecule has 0 aliphatic heterocycles. The van der Waals surface area contributed by atoms with Crippen molar-refractivity contribution in [2.24, 2.45) is 0 Å². The van der Waals surface area contributed by atoms with Crippen molar-refractivity contribution in [1.29, 1.82) is 0 Å². The fraction of sp³-hybridized carbons (Fsp3) is 0.0833. The Labute approximate surface area is 97.4 Å². The monoisotopic (exact) mass is 234 g/mol. The summed E-state index contributed by atoms with van der Waals surface area (Å²) in [5.41, 5.74) is 0. The molecule has 2 rings (SSSR count). The number of benzene rings is 1. The molecule has 4 heteroatoms. The van der Waals surface area contributed by atoms with E-state index in [0.717, 1.165) is 0 Å². The van der Waals surface area contributed by atoms with E-state index in [4.69, 9.17) is 9.15 Å². The van der Waals surface area contributed by atoms with Crippen LogP contribution in [0.4, 0.5) is 0 Å². The summed E-state index contributed by atoms with van der Waals surface area (Å²) in [5, 5.41) is 0. The van der Waals surface area contributed by atoms with Gasteiger partial charge in [-0.1, -0.05) is 0 Å². The van der Waals surface area contributed by atoms with E-state index in [2.05, 4.69) is 0 Å². The van der Waals surface area contributed by atoms with Crippen molar-refractivity contribution in [3.63, 3.8) is 0 Å². The van der Waals surface area contributed by atoms with Gasteiger partial charge in [0.1, 0.15) is 5.75 Å². The van der Waals surface area contributed by atoms with Crippen molar-refractivity contribution >= 4 is 18.0 Å². The van der Waals surface area contributed by atoms with Crippen LogP contribution in [0.2, 0.25) is 0 Å². The predicted octanol–water partition coefficient (Wildman–Crippen LogP) is 3.61. The van der Waals surface area contributed by atoms with Crippen molar-refractivity contribution in [2.75, 3.05) is 6.26 Å². The Morgan fingerprint density at radius 1 is 1.19 bits per heavy atom. The van der Waals surface area contributed by atoms with Gasteiger partial charge in [-0.2, -0.15) is 0 Å². The lowest BCUT2D eigenvalue weighted by Crippen LogP contribution is -1.81. The van der Waals surface area contributed by atoms with Gasteiger partial charge in [0.25, 0.3) is 5.95 Å². The quantitative estimate of drug-likeness (QED) is 0.598. The molecule has 0 atom stereocenters. The molecule has 0 fully saturated rings. The van der Waals surface area contributed by atoms with Gasteiger partial charge in [0, 0.05) is 11.0 Å². The van der Waals surface area contributed by atoms with Crippen LogP contribution in [0.3, 0.4) is 0 Å². The highest BCUT2D eigenvalue weighted by atomic mass is 32.2. The predicted molar refractivity (Wildman–Crippen MR) is 62.4 cm³/mol. The number of carbonyl (C=O) groups excluding carboxylic acids is 1. The lowest BCUT2D eigenvalue weighted by Gasteiger charge is -2.02. The van der Waals surface area contributed by atoms with E-state index in [9.17, 15) is 4.79 Å². The van der Waals surface area contributed by atoms with E-state index in [-0.39, 0.29) is 5.76 Å². The summed E-state index contributed by atoms with van der Waals surface area (Å²) in [7, 11) is 0. The summed E-state index contributed by atoms with van der Waals surface area (Å²) in [6.07, 6.45) is 2.66. The highest BCUT2D eigenvalue weighted by Crippen LogP contribution is 2.25. The molecular weight excluding hydrogens is 224 g/mol. The highest BCUT2D eigenvalue weighted by Gasteiger charge is 2.03. The molecule has 1 aromatic carbocycles. The number of rotatable bonds is 4. The number of carbonyl (C=O) groups is 1. The van der Waals surface area contributed by atoms with Gasteiger partial charge < -0.3 is 9.15 Å². The van der Waals surface area contributed by atoms with Gasteiger partial charge in [0.2, 0.25) is 0 Å². The Balaban J connectivity index is 2.10. The largest absolute Gasteiger partial charge is 0.426 e. The topological polar surface area (TPSA) is 39.4 Å². The molecule has 82 valence electrons. The SMILES string of the molecule is CSc1ccc(Oc2ccc(C=O)o2)cc1. The van der Waals surface area contributed by atoms with Crippen LogP contribution >= 0.6 is 11.8 Å². The summed E-state index contributed by atoms with van der Waals surface area (Å²) >= 11 is 1.67. The maximum absolute atomic E-state index is 10.4. The zero-order valence-corrected chi connectivity index (χ0v) is 9.49. The molecule has 0 saturated carbocycles. The summed E-state index contributed by atoms with van der Waals surface area (Å²) < 4.78 is 10.5. The smallest absolute Gasteiger partial charge is 0.290 e. The van der Waals surface area contributed by atoms with Crippen LogP contribution in [0.15, 0.2) is 45.7 Å². The number of furan rings is 1. The van der Waals surface area contributed by atoms with Crippen molar-refractivity contribution in [1.82, 2.24) is 0 Å². The number of thioether (sulfide) groups is 1. The Bertz CT molecular complexity index is 473. The van der Waals surface area contributed by atoms with E-state index >= 15 is 0 Å². The van der Waals surface area contributed by atoms with E-state index in [0.29, 0.717) is 18.0 Å². The molecule has 1 aromatic heterocycles. The molecule has 2 aromatic rings. The van der Waals surface area contributed by atoms with Crippen LogP contribution in [-0.2, 0) is 0 Å². The van der Waals surface area contributed by atoms with Crippen LogP contribution in [0.5, 0.6) is 11.7 Å². The van der Waals surface area contributed by atoms with Crippen molar-refractivity contribution in [3.8, 4) is 11.7 Å². The molecule has 3 nitrogen and oxygen atoms in total. The summed E-state index contributed by atoms with van der Waals surface area (Å²) in [4.78, 5) is 11.6. The summed E-state index contributed by atoms with van der Waals surface area (Å²) in [5.74, 6) is 1.26. The average molecular weight is 234 g/mol. The van der Waals surface area contributed by atoms with Crippen LogP contribution in [-0.4, -0.2) is 12.5 Å². The van der Waals surface area contributed by atoms with E-state index in [1.54, 1.807) is 23.9 Å². The molecule has 0 amide bonds. The van der Waals surface area contributed by atoms with Gasteiger partial charge in [0.05, 0.1) is 0 Å². The van der Waals surface area contributed by atoms with Crippen LogP contribution < -0.4 is 4.74 Å². The normalized spacial score (nSPS) is 10.1. The maximum Gasteiger partial charge on any atom is 0.290 e. The van der Waals surface area contributed by atoms with Crippen LogP contribution in [0.25, 0.3) is 0 Å². The third-order valence-electron chi connectivity index (χ3n) is 2.00. The van der Waals surface area contributed by atoms with E-state index in [1.165, 1.54) is 4.90 Å². The van der Waals surface area contributed by atoms with Gasteiger partial charge >= 0.3 is 0 Å². The minimum atomic E-state index is 0.260. The zero-order valence-electron chi connectivity index (χ0n) is 8.67. The third kappa shape index (κ3) is 2.46. The molecular formula is C12H10O3S. The second-order valence-corrected chi connectivity index (χ2v) is 3.93. The molecule has 0 aliphatic carbocycles. The van der Waals surface area contributed by atoms with Gasteiger partial charge in [0.15, 0.2) is 12.0 Å². The van der Waals surface area contributed by atoms with Crippen LogP contribution in [0.1, 0.15) is 10.6 Å². The molecule has 0 N–H and O–H groups in total. The first-order valence-electron chi connectivity index (χ1n) is 4.69. The van der Waals surface area contributed by atoms with Gasteiger partial charge in [-0.25, -0.2) is 0 Å². The second-order valence-electron chi connectivity index (χ2n) is 3.05. The molecule has 1 heterocycles. The van der Waals surface area contributed by atoms with Crippen molar-refractivity contribution < 1.29 is 13.9 Å². The lowest BCUT2D eigenvalue weighted by molar-refractivity contribution is 0.109. The minimum absolute atomic E-state index is 0.260. The van der Waals surface area contributed by atoms with Crippen LogP contribution in [0, 0.1) is 0 Å². The van der Waals surface area contributed by atoms with Gasteiger partial charge in [-0.15, -0.1) is 11.8 Å². The second kappa shape index (κ2) is 4.90. The first-order valence-corrected chi connectivity index (χ1v) is 5.91. The molecule has 0 saturated heterocycles. The highest BCUT2D eigenvalue weighted by molar-refractivity contribution is 7.98. The number of hydrogen-bond donors (Lipinski definition) is 0. The van der Waals surface area contributed by atoms with Crippen molar-refractivity contribution in [2.45, 2.75) is 4.90 Å². The fourth-order valence-corrected chi connectivity index (χ4v) is 1.62. The first-order chi connectivity index (χ1) is 7.81. The van der Waals surface area contributed by atoms with E-state index < -0.39 is 0 Å². The minimum Gasteiger partial charge on any atom is -0.426 e. The Morgan fingerprint density at radius 3 is 2.50 bits per heavy atom. The summed E-state index contributed by atoms with van der Waals surface area (Å²) in [6.45, 7) is 0. The standard InChI is InChI=1S/C12H10O3S/c1-16-11-5-2-9(3-6-11)14-12-7-4-10(8-13)15-12/h2-8H,1H3. The fourth-order valence-electron chi connectivity index (χ4n) is 1.21. The third-order valence-corrected chi connectivity index (χ3v) is 2.74. The number of hydrogen-bond acceptors (Lipinski definition) is 4. The Kier molecular flexibility index (Phi) is 3.31. The number of ether oxygens (including phenoxy) is 1. The van der Waals surface area contributed by atoms with E-state index in [1.807, 2.05) is 30.5 Å². The molecule has 0 unspecified atom stereocenters. The first kappa shape index (κ1) is 10.8.